The fraction of sp³-hybridized carbons (Fsp3) is 0.833. The largest absolute Gasteiger partial charge is 0.480 e. The number of urea groups is 1. The molecule has 6 nitrogen and oxygen atoms in total. The summed E-state index contributed by atoms with van der Waals surface area (Å²) in [6.45, 7) is 5.45. The maximum atomic E-state index is 11.7. The normalized spacial score (nSPS) is 17.1. The number of aliphatic carboxylic acids is 1. The fourth-order valence-electron chi connectivity index (χ4n) is 1.50. The second kappa shape index (κ2) is 8.90. The lowest BCUT2D eigenvalue weighted by atomic mass is 9.99. The van der Waals surface area contributed by atoms with Crippen molar-refractivity contribution in [2.24, 2.45) is 5.92 Å². The van der Waals surface area contributed by atoms with Crippen LogP contribution in [0.2, 0.25) is 0 Å². The Hall–Kier alpha value is -1.11. The molecule has 0 heterocycles. The number of hydrogen-bond donors (Lipinski definition) is 3. The third-order valence-electron chi connectivity index (χ3n) is 2.98. The van der Waals surface area contributed by atoms with Gasteiger partial charge < -0.3 is 15.7 Å². The minimum Gasteiger partial charge on any atom is -0.480 e. The van der Waals surface area contributed by atoms with Crippen LogP contribution in [0.1, 0.15) is 33.6 Å². The van der Waals surface area contributed by atoms with Crippen LogP contribution in [0, 0.1) is 5.92 Å². The molecule has 3 N–H and O–H groups in total. The minimum absolute atomic E-state index is 0.137. The Labute approximate surface area is 116 Å². The van der Waals surface area contributed by atoms with Gasteiger partial charge >= 0.3 is 12.0 Å². The zero-order valence-corrected chi connectivity index (χ0v) is 12.8. The van der Waals surface area contributed by atoms with Crippen molar-refractivity contribution in [2.45, 2.75) is 45.7 Å². The van der Waals surface area contributed by atoms with E-state index in [9.17, 15) is 13.8 Å². The van der Waals surface area contributed by atoms with E-state index in [1.807, 2.05) is 6.92 Å². The van der Waals surface area contributed by atoms with Gasteiger partial charge in [0.25, 0.3) is 0 Å². The molecule has 112 valence electrons. The van der Waals surface area contributed by atoms with Crippen molar-refractivity contribution in [3.05, 3.63) is 0 Å². The summed E-state index contributed by atoms with van der Waals surface area (Å²) in [5.41, 5.74) is 0. The Morgan fingerprint density at radius 2 is 1.84 bits per heavy atom. The van der Waals surface area contributed by atoms with Gasteiger partial charge in [-0.15, -0.1) is 0 Å². The molecule has 4 unspecified atom stereocenters. The van der Waals surface area contributed by atoms with Gasteiger partial charge in [0, 0.05) is 28.9 Å². The van der Waals surface area contributed by atoms with Gasteiger partial charge in [-0.1, -0.05) is 20.3 Å². The lowest BCUT2D eigenvalue weighted by Crippen LogP contribution is -2.51. The highest BCUT2D eigenvalue weighted by atomic mass is 32.2. The van der Waals surface area contributed by atoms with E-state index in [1.54, 1.807) is 20.1 Å². The zero-order valence-electron chi connectivity index (χ0n) is 11.9. The molecule has 0 aromatic rings. The molecule has 0 fully saturated rings. The number of hydrogen-bond acceptors (Lipinski definition) is 3. The molecule has 0 aliphatic heterocycles. The van der Waals surface area contributed by atoms with Gasteiger partial charge in [0.05, 0.1) is 0 Å². The van der Waals surface area contributed by atoms with Crippen molar-refractivity contribution >= 4 is 22.8 Å². The van der Waals surface area contributed by atoms with Crippen molar-refractivity contribution < 1.29 is 18.9 Å². The summed E-state index contributed by atoms with van der Waals surface area (Å²) in [5.74, 6) is -0.664. The van der Waals surface area contributed by atoms with Crippen LogP contribution < -0.4 is 10.6 Å². The highest BCUT2D eigenvalue weighted by molar-refractivity contribution is 7.84. The van der Waals surface area contributed by atoms with Crippen LogP contribution in [0.15, 0.2) is 0 Å². The van der Waals surface area contributed by atoms with Gasteiger partial charge in [0.1, 0.15) is 6.04 Å². The number of carbonyl (C=O) groups excluding carboxylic acids is 1. The summed E-state index contributed by atoms with van der Waals surface area (Å²) < 4.78 is 10.9. The lowest BCUT2D eigenvalue weighted by molar-refractivity contribution is -0.140. The molecule has 0 spiro atoms. The molecule has 2 amide bonds. The van der Waals surface area contributed by atoms with Crippen LogP contribution in [-0.4, -0.2) is 45.4 Å². The smallest absolute Gasteiger partial charge is 0.326 e. The number of carboxylic acids is 1. The second-order valence-corrected chi connectivity index (χ2v) is 6.34. The predicted molar refractivity (Wildman–Crippen MR) is 75.6 cm³/mol. The average molecular weight is 292 g/mol. The summed E-state index contributed by atoms with van der Waals surface area (Å²) in [4.78, 5) is 22.7. The molecule has 0 rings (SSSR count). The van der Waals surface area contributed by atoms with Crippen molar-refractivity contribution in [2.75, 3.05) is 12.0 Å². The van der Waals surface area contributed by atoms with E-state index < -0.39 is 28.8 Å². The highest BCUT2D eigenvalue weighted by Crippen LogP contribution is 2.07. The molecular formula is C12H24N2O4S. The summed E-state index contributed by atoms with van der Waals surface area (Å²) in [7, 11) is -0.894. The number of carbonyl (C=O) groups is 2. The Morgan fingerprint density at radius 1 is 1.26 bits per heavy atom. The van der Waals surface area contributed by atoms with E-state index in [2.05, 4.69) is 10.6 Å². The topological polar surface area (TPSA) is 95.5 Å². The SMILES string of the molecule is CCC(C)C(NC(=O)NC(C)CCS(C)=O)C(=O)O. The summed E-state index contributed by atoms with van der Waals surface area (Å²) >= 11 is 0. The molecule has 4 atom stereocenters. The highest BCUT2D eigenvalue weighted by Gasteiger charge is 2.25. The zero-order chi connectivity index (χ0) is 15.0. The number of carboxylic acid groups (broad SMARTS) is 1. The van der Waals surface area contributed by atoms with E-state index in [0.717, 1.165) is 0 Å². The van der Waals surface area contributed by atoms with Crippen LogP contribution in [0.25, 0.3) is 0 Å². The van der Waals surface area contributed by atoms with Crippen molar-refractivity contribution in [3.8, 4) is 0 Å². The molecular weight excluding hydrogens is 268 g/mol. The van der Waals surface area contributed by atoms with E-state index >= 15 is 0 Å². The van der Waals surface area contributed by atoms with Crippen LogP contribution in [-0.2, 0) is 15.6 Å². The maximum Gasteiger partial charge on any atom is 0.326 e. The van der Waals surface area contributed by atoms with E-state index in [0.29, 0.717) is 18.6 Å². The molecule has 0 aromatic heterocycles. The van der Waals surface area contributed by atoms with Crippen LogP contribution >= 0.6 is 0 Å². The number of nitrogens with one attached hydrogen (secondary N) is 2. The van der Waals surface area contributed by atoms with Crippen LogP contribution in [0.3, 0.4) is 0 Å². The molecule has 0 saturated heterocycles. The van der Waals surface area contributed by atoms with Gasteiger partial charge in [-0.05, 0) is 19.3 Å². The van der Waals surface area contributed by atoms with Gasteiger partial charge in [-0.3, -0.25) is 4.21 Å². The van der Waals surface area contributed by atoms with Crippen molar-refractivity contribution in [1.82, 2.24) is 10.6 Å². The van der Waals surface area contributed by atoms with E-state index in [1.165, 1.54) is 0 Å². The Bertz CT molecular complexity index is 336. The predicted octanol–water partition coefficient (Wildman–Crippen LogP) is 0.942. The van der Waals surface area contributed by atoms with E-state index in [4.69, 9.17) is 5.11 Å². The summed E-state index contributed by atoms with van der Waals surface area (Å²) in [6, 6.07) is -1.53. The van der Waals surface area contributed by atoms with E-state index in [-0.39, 0.29) is 12.0 Å². The molecule has 0 saturated carbocycles. The molecule has 7 heteroatoms. The summed E-state index contributed by atoms with van der Waals surface area (Å²) in [6.07, 6.45) is 2.87. The molecule has 0 aliphatic rings. The van der Waals surface area contributed by atoms with Gasteiger partial charge in [-0.25, -0.2) is 9.59 Å². The maximum absolute atomic E-state index is 11.7. The Kier molecular flexibility index (Phi) is 8.38. The Morgan fingerprint density at radius 3 is 2.26 bits per heavy atom. The number of amides is 2. The quantitative estimate of drug-likeness (QED) is 0.620. The van der Waals surface area contributed by atoms with Crippen LogP contribution in [0.4, 0.5) is 4.79 Å². The van der Waals surface area contributed by atoms with Gasteiger partial charge in [0.15, 0.2) is 0 Å². The van der Waals surface area contributed by atoms with Crippen molar-refractivity contribution in [1.29, 1.82) is 0 Å². The molecule has 0 radical (unpaired) electrons. The minimum atomic E-state index is -1.04. The van der Waals surface area contributed by atoms with Gasteiger partial charge in [0.2, 0.25) is 0 Å². The molecule has 19 heavy (non-hydrogen) atoms. The van der Waals surface area contributed by atoms with Gasteiger partial charge in [-0.2, -0.15) is 0 Å². The third-order valence-corrected chi connectivity index (χ3v) is 3.79. The third kappa shape index (κ3) is 7.81. The molecule has 0 aliphatic carbocycles. The number of rotatable bonds is 8. The first-order valence-corrected chi connectivity index (χ1v) is 8.10. The average Bonchev–Trinajstić information content (AvgIpc) is 2.32. The second-order valence-electron chi connectivity index (χ2n) is 4.79. The van der Waals surface area contributed by atoms with Crippen molar-refractivity contribution in [3.63, 3.8) is 0 Å². The first-order chi connectivity index (χ1) is 8.77. The molecule has 0 aromatic carbocycles. The van der Waals surface area contributed by atoms with Crippen LogP contribution in [0.5, 0.6) is 0 Å². The standard InChI is InChI=1S/C12H24N2O4S/c1-5-8(2)10(11(15)16)14-12(17)13-9(3)6-7-19(4)18/h8-10H,5-7H2,1-4H3,(H,15,16)(H2,13,14,17). The Balaban J connectivity index is 4.26. The summed E-state index contributed by atoms with van der Waals surface area (Å²) in [5, 5.41) is 14.2. The fourth-order valence-corrected chi connectivity index (χ4v) is 2.19. The first-order valence-electron chi connectivity index (χ1n) is 6.37. The lowest BCUT2D eigenvalue weighted by Gasteiger charge is -2.22. The first kappa shape index (κ1) is 17.9. The molecule has 0 bridgehead atoms. The monoisotopic (exact) mass is 292 g/mol.